The summed E-state index contributed by atoms with van der Waals surface area (Å²) in [7, 11) is 0. The van der Waals surface area contributed by atoms with Gasteiger partial charge in [0.25, 0.3) is 0 Å². The van der Waals surface area contributed by atoms with E-state index in [-0.39, 0.29) is 12.0 Å². The average molecular weight is 353 g/mol. The van der Waals surface area contributed by atoms with E-state index in [0.29, 0.717) is 17.4 Å². The van der Waals surface area contributed by atoms with E-state index < -0.39 is 6.10 Å². The van der Waals surface area contributed by atoms with Crippen molar-refractivity contribution in [2.75, 3.05) is 5.73 Å². The molecule has 136 valence electrons. The van der Waals surface area contributed by atoms with E-state index in [4.69, 9.17) is 10.3 Å². The molecule has 0 aliphatic heterocycles. The van der Waals surface area contributed by atoms with Crippen molar-refractivity contribution in [2.45, 2.75) is 58.1 Å². The zero-order valence-corrected chi connectivity index (χ0v) is 15.2. The van der Waals surface area contributed by atoms with Crippen molar-refractivity contribution in [3.05, 3.63) is 23.3 Å². The van der Waals surface area contributed by atoms with E-state index in [1.165, 1.54) is 6.33 Å². The Balaban J connectivity index is 1.91. The van der Waals surface area contributed by atoms with Crippen LogP contribution in [0.2, 0.25) is 0 Å². The van der Waals surface area contributed by atoms with Crippen molar-refractivity contribution in [2.24, 2.45) is 5.92 Å². The number of fused-ring (bicyclic) bond motifs is 5. The van der Waals surface area contributed by atoms with Crippen molar-refractivity contribution in [1.82, 2.24) is 19.7 Å². The molecular formula is C19H23N5O2. The first kappa shape index (κ1) is 15.8. The van der Waals surface area contributed by atoms with Crippen molar-refractivity contribution < 1.29 is 9.63 Å². The quantitative estimate of drug-likeness (QED) is 0.732. The Labute approximate surface area is 151 Å². The average Bonchev–Trinajstić information content (AvgIpc) is 3.28. The van der Waals surface area contributed by atoms with Crippen molar-refractivity contribution in [1.29, 1.82) is 0 Å². The van der Waals surface area contributed by atoms with Crippen molar-refractivity contribution in [3.63, 3.8) is 0 Å². The van der Waals surface area contributed by atoms with Crippen LogP contribution in [-0.2, 0) is 6.42 Å². The van der Waals surface area contributed by atoms with Gasteiger partial charge in [-0.15, -0.1) is 0 Å². The molecule has 1 saturated carbocycles. The van der Waals surface area contributed by atoms with Crippen LogP contribution in [0.1, 0.15) is 68.7 Å². The zero-order valence-electron chi connectivity index (χ0n) is 15.2. The van der Waals surface area contributed by atoms with E-state index in [9.17, 15) is 5.11 Å². The molecule has 0 aromatic carbocycles. The van der Waals surface area contributed by atoms with E-state index in [1.807, 2.05) is 0 Å². The molecular weight excluding hydrogens is 330 g/mol. The summed E-state index contributed by atoms with van der Waals surface area (Å²) in [6, 6.07) is 0.205. The lowest BCUT2D eigenvalue weighted by molar-refractivity contribution is 0.116. The predicted molar refractivity (Wildman–Crippen MR) is 97.6 cm³/mol. The fourth-order valence-corrected chi connectivity index (χ4v) is 4.33. The van der Waals surface area contributed by atoms with Crippen LogP contribution in [-0.4, -0.2) is 24.8 Å². The maximum Gasteiger partial charge on any atom is 0.146 e. The Hall–Kier alpha value is -2.41. The molecule has 3 N–H and O–H groups in total. The van der Waals surface area contributed by atoms with Gasteiger partial charge in [0.05, 0.1) is 17.1 Å². The molecule has 2 aliphatic carbocycles. The Bertz CT molecular complexity index is 1010. The molecule has 7 heteroatoms. The lowest BCUT2D eigenvalue weighted by Crippen LogP contribution is -2.14. The molecule has 2 atom stereocenters. The maximum absolute atomic E-state index is 11.0. The van der Waals surface area contributed by atoms with E-state index in [2.05, 4.69) is 40.5 Å². The first-order chi connectivity index (χ1) is 12.5. The van der Waals surface area contributed by atoms with Crippen molar-refractivity contribution in [3.8, 4) is 11.3 Å². The van der Waals surface area contributed by atoms with Crippen LogP contribution in [0.4, 0.5) is 5.82 Å². The largest absolute Gasteiger partial charge is 0.388 e. The summed E-state index contributed by atoms with van der Waals surface area (Å²) in [6.45, 7) is 6.33. The summed E-state index contributed by atoms with van der Waals surface area (Å²) in [4.78, 5) is 8.74. The molecule has 7 nitrogen and oxygen atoms in total. The summed E-state index contributed by atoms with van der Waals surface area (Å²) in [5, 5.41) is 16.3. The Morgan fingerprint density at radius 2 is 2.08 bits per heavy atom. The van der Waals surface area contributed by atoms with Gasteiger partial charge in [-0.1, -0.05) is 12.1 Å². The minimum Gasteiger partial charge on any atom is -0.388 e. The minimum atomic E-state index is -0.597. The summed E-state index contributed by atoms with van der Waals surface area (Å²) in [5.74, 6) is 1.70. The molecule has 0 radical (unpaired) electrons. The molecule has 0 amide bonds. The van der Waals surface area contributed by atoms with Crippen LogP contribution in [0.5, 0.6) is 0 Å². The second-order valence-electron chi connectivity index (χ2n) is 7.95. The third-order valence-electron chi connectivity index (χ3n) is 5.72. The normalized spacial score (nSPS) is 22.5. The van der Waals surface area contributed by atoms with Gasteiger partial charge in [0, 0.05) is 23.2 Å². The topological polar surface area (TPSA) is 103 Å². The molecule has 1 unspecified atom stereocenters. The number of anilines is 1. The second kappa shape index (κ2) is 5.30. The Morgan fingerprint density at radius 3 is 2.77 bits per heavy atom. The Morgan fingerprint density at radius 1 is 1.31 bits per heavy atom. The molecule has 5 rings (SSSR count). The number of rotatable bonds is 2. The summed E-state index contributed by atoms with van der Waals surface area (Å²) in [5.41, 5.74) is 10.7. The predicted octanol–water partition coefficient (Wildman–Crippen LogP) is 3.35. The number of nitrogens with zero attached hydrogens (tertiary/aromatic N) is 4. The third kappa shape index (κ3) is 2.00. The molecule has 0 saturated heterocycles. The molecule has 3 aromatic heterocycles. The molecule has 3 aromatic rings. The molecule has 26 heavy (non-hydrogen) atoms. The highest BCUT2D eigenvalue weighted by Gasteiger charge is 2.41. The maximum atomic E-state index is 11.0. The minimum absolute atomic E-state index is 0.0443. The van der Waals surface area contributed by atoms with Gasteiger partial charge in [-0.3, -0.25) is 0 Å². The van der Waals surface area contributed by atoms with Gasteiger partial charge < -0.3 is 19.9 Å². The number of nitrogens with two attached hydrogens (primary N) is 1. The third-order valence-corrected chi connectivity index (χ3v) is 5.72. The number of hydrogen-bond donors (Lipinski definition) is 2. The van der Waals surface area contributed by atoms with Crippen LogP contribution >= 0.6 is 0 Å². The van der Waals surface area contributed by atoms with E-state index >= 15 is 0 Å². The van der Waals surface area contributed by atoms with Gasteiger partial charge in [-0.2, -0.15) is 0 Å². The fraction of sp³-hybridized carbons (Fsp3) is 0.526. The number of aromatic nitrogens is 4. The van der Waals surface area contributed by atoms with Crippen LogP contribution in [0, 0.1) is 5.92 Å². The standard InChI is InChI=1S/C19H23N5O2/c1-8(2)24-11-6-9(3)16(25)14-15(23-26-17(14)10-4-5-10)12(11)13-18(20)21-7-22-19(13)24/h7-10,16,25H,4-6H2,1-3H3,(H2,20,21,22)/t9-,16?/m0/s1. The highest BCUT2D eigenvalue weighted by molar-refractivity contribution is 6.02. The van der Waals surface area contributed by atoms with Gasteiger partial charge in [0.2, 0.25) is 0 Å². The lowest BCUT2D eigenvalue weighted by atomic mass is 9.94. The van der Waals surface area contributed by atoms with E-state index in [1.54, 1.807) is 0 Å². The monoisotopic (exact) mass is 353 g/mol. The van der Waals surface area contributed by atoms with Gasteiger partial charge in [0.15, 0.2) is 0 Å². The molecule has 0 bridgehead atoms. The smallest absolute Gasteiger partial charge is 0.146 e. The van der Waals surface area contributed by atoms with Crippen LogP contribution in [0.3, 0.4) is 0 Å². The van der Waals surface area contributed by atoms with Gasteiger partial charge >= 0.3 is 0 Å². The highest BCUT2D eigenvalue weighted by Crippen LogP contribution is 2.51. The number of aliphatic hydroxyl groups is 1. The number of aliphatic hydroxyl groups excluding tert-OH is 1. The first-order valence-corrected chi connectivity index (χ1v) is 9.30. The number of hydrogen-bond acceptors (Lipinski definition) is 6. The lowest BCUT2D eigenvalue weighted by Gasteiger charge is -2.19. The zero-order chi connectivity index (χ0) is 18.2. The Kier molecular flexibility index (Phi) is 3.22. The van der Waals surface area contributed by atoms with Gasteiger partial charge in [-0.05, 0) is 39.0 Å². The van der Waals surface area contributed by atoms with Crippen LogP contribution in [0.15, 0.2) is 10.9 Å². The SMILES string of the molecule is CC(C)n1c2c(c3c(N)ncnc31)-c1noc(C3CC3)c1C(O)[C@@H](C)C2. The van der Waals surface area contributed by atoms with Crippen LogP contribution in [0.25, 0.3) is 22.3 Å². The molecule has 2 aliphatic rings. The number of nitrogen functional groups attached to an aromatic ring is 1. The van der Waals surface area contributed by atoms with E-state index in [0.717, 1.165) is 52.9 Å². The molecule has 1 fully saturated rings. The summed E-state index contributed by atoms with van der Waals surface area (Å²) < 4.78 is 7.93. The van der Waals surface area contributed by atoms with Crippen LogP contribution < -0.4 is 5.73 Å². The molecule has 3 heterocycles. The fourth-order valence-electron chi connectivity index (χ4n) is 4.33. The van der Waals surface area contributed by atoms with Gasteiger partial charge in [-0.25, -0.2) is 9.97 Å². The molecule has 0 spiro atoms. The van der Waals surface area contributed by atoms with Crippen molar-refractivity contribution >= 4 is 16.9 Å². The summed E-state index contributed by atoms with van der Waals surface area (Å²) in [6.07, 6.45) is 3.82. The first-order valence-electron chi connectivity index (χ1n) is 9.30. The van der Waals surface area contributed by atoms with Gasteiger partial charge in [0.1, 0.15) is 29.2 Å². The second-order valence-corrected chi connectivity index (χ2v) is 7.95. The highest BCUT2D eigenvalue weighted by atomic mass is 16.5. The summed E-state index contributed by atoms with van der Waals surface area (Å²) >= 11 is 0.